The van der Waals surface area contributed by atoms with E-state index in [-0.39, 0.29) is 11.4 Å². The molecule has 0 bridgehead atoms. The van der Waals surface area contributed by atoms with E-state index in [1.807, 2.05) is 25.1 Å². The minimum absolute atomic E-state index is 0.237. The lowest BCUT2D eigenvalue weighted by Crippen LogP contribution is -2.18. The highest BCUT2D eigenvalue weighted by molar-refractivity contribution is 5.91. The molecule has 0 aliphatic heterocycles. The maximum atomic E-state index is 13.5. The lowest BCUT2D eigenvalue weighted by atomic mass is 10.2. The molecule has 0 saturated carbocycles. The lowest BCUT2D eigenvalue weighted by Gasteiger charge is -2.09. The number of carbonyl (C=O) groups excluding carboxylic acids is 1. The summed E-state index contributed by atoms with van der Waals surface area (Å²) in [7, 11) is 0. The molecule has 23 heavy (non-hydrogen) atoms. The summed E-state index contributed by atoms with van der Waals surface area (Å²) in [6.07, 6.45) is -0.926. The van der Waals surface area contributed by atoms with Gasteiger partial charge in [-0.2, -0.15) is 0 Å². The summed E-state index contributed by atoms with van der Waals surface area (Å²) in [6.45, 7) is 1.82. The number of pyridine rings is 1. The summed E-state index contributed by atoms with van der Waals surface area (Å²) < 4.78 is 31.8. The van der Waals surface area contributed by atoms with Crippen LogP contribution in [-0.4, -0.2) is 11.1 Å². The van der Waals surface area contributed by atoms with Gasteiger partial charge in [0.25, 0.3) is 0 Å². The van der Waals surface area contributed by atoms with E-state index in [9.17, 15) is 13.6 Å². The van der Waals surface area contributed by atoms with Crippen molar-refractivity contribution in [1.82, 2.24) is 4.98 Å². The number of amides is 1. The highest BCUT2D eigenvalue weighted by Crippen LogP contribution is 2.24. The smallest absolute Gasteiger partial charge is 0.408 e. The zero-order valence-electron chi connectivity index (χ0n) is 12.1. The highest BCUT2D eigenvalue weighted by Gasteiger charge is 2.12. The maximum Gasteiger partial charge on any atom is 0.417 e. The van der Waals surface area contributed by atoms with Crippen molar-refractivity contribution in [1.29, 1.82) is 0 Å². The fourth-order valence-corrected chi connectivity index (χ4v) is 2.13. The van der Waals surface area contributed by atoms with E-state index in [0.29, 0.717) is 5.52 Å². The summed E-state index contributed by atoms with van der Waals surface area (Å²) in [5, 5.41) is 2.98. The Morgan fingerprint density at radius 1 is 1.13 bits per heavy atom. The number of rotatable bonds is 2. The predicted octanol–water partition coefficient (Wildman–Crippen LogP) is 4.43. The predicted molar refractivity (Wildman–Crippen MR) is 82.5 cm³/mol. The standard InChI is InChI=1S/C17H12F2N2O2/c1-10-5-6-11-3-2-4-15(16(11)20-10)23-17(22)21-14-9-12(18)7-8-13(14)19/h2-9H,1H3,(H,21,22). The van der Waals surface area contributed by atoms with Crippen molar-refractivity contribution < 1.29 is 18.3 Å². The Bertz CT molecular complexity index is 897. The zero-order chi connectivity index (χ0) is 16.4. The van der Waals surface area contributed by atoms with Gasteiger partial charge in [0.2, 0.25) is 0 Å². The third kappa shape index (κ3) is 3.26. The molecule has 6 heteroatoms. The summed E-state index contributed by atoms with van der Waals surface area (Å²) in [5.74, 6) is -1.18. The molecule has 0 aliphatic carbocycles. The molecule has 1 heterocycles. The molecule has 1 aromatic heterocycles. The van der Waals surface area contributed by atoms with Crippen LogP contribution in [0.5, 0.6) is 5.75 Å². The maximum absolute atomic E-state index is 13.5. The minimum Gasteiger partial charge on any atom is -0.408 e. The Labute approximate surface area is 130 Å². The Balaban J connectivity index is 1.86. The van der Waals surface area contributed by atoms with E-state index in [0.717, 1.165) is 29.3 Å². The topological polar surface area (TPSA) is 51.2 Å². The summed E-state index contributed by atoms with van der Waals surface area (Å²) in [4.78, 5) is 16.3. The molecular formula is C17H12F2N2O2. The molecule has 0 aliphatic rings. The fraction of sp³-hybridized carbons (Fsp3) is 0.0588. The summed E-state index contributed by atoms with van der Waals surface area (Å²) in [5.41, 5.74) is 0.992. The molecule has 1 N–H and O–H groups in total. The van der Waals surface area contributed by atoms with Crippen molar-refractivity contribution in [3.8, 4) is 5.75 Å². The molecule has 0 spiro atoms. The molecular weight excluding hydrogens is 302 g/mol. The van der Waals surface area contributed by atoms with Gasteiger partial charge < -0.3 is 4.74 Å². The van der Waals surface area contributed by atoms with Gasteiger partial charge in [-0.3, -0.25) is 5.32 Å². The van der Waals surface area contributed by atoms with Crippen LogP contribution in [0.15, 0.2) is 48.5 Å². The van der Waals surface area contributed by atoms with Crippen LogP contribution in [-0.2, 0) is 0 Å². The van der Waals surface area contributed by atoms with Crippen molar-refractivity contribution in [3.63, 3.8) is 0 Å². The summed E-state index contributed by atoms with van der Waals surface area (Å²) >= 11 is 0. The normalized spacial score (nSPS) is 10.6. The average molecular weight is 314 g/mol. The van der Waals surface area contributed by atoms with Gasteiger partial charge in [0, 0.05) is 17.1 Å². The van der Waals surface area contributed by atoms with Gasteiger partial charge in [-0.05, 0) is 31.2 Å². The second-order valence-corrected chi connectivity index (χ2v) is 4.92. The van der Waals surface area contributed by atoms with Crippen LogP contribution in [0.25, 0.3) is 10.9 Å². The van der Waals surface area contributed by atoms with Crippen LogP contribution in [0, 0.1) is 18.6 Å². The summed E-state index contributed by atoms with van der Waals surface area (Å²) in [6, 6.07) is 11.6. The van der Waals surface area contributed by atoms with Crippen molar-refractivity contribution in [2.75, 3.05) is 5.32 Å². The molecule has 0 atom stereocenters. The fourth-order valence-electron chi connectivity index (χ4n) is 2.13. The molecule has 2 aromatic carbocycles. The number of nitrogens with one attached hydrogen (secondary N) is 1. The number of para-hydroxylation sites is 1. The molecule has 3 rings (SSSR count). The van der Waals surface area contributed by atoms with Crippen LogP contribution in [0.4, 0.5) is 19.3 Å². The van der Waals surface area contributed by atoms with Crippen LogP contribution in [0.3, 0.4) is 0 Å². The number of aromatic nitrogens is 1. The molecule has 0 fully saturated rings. The molecule has 0 unspecified atom stereocenters. The van der Waals surface area contributed by atoms with E-state index in [1.54, 1.807) is 12.1 Å². The molecule has 0 radical (unpaired) electrons. The Hall–Kier alpha value is -3.02. The van der Waals surface area contributed by atoms with E-state index >= 15 is 0 Å². The molecule has 4 nitrogen and oxygen atoms in total. The van der Waals surface area contributed by atoms with Crippen LogP contribution in [0.2, 0.25) is 0 Å². The number of halogens is 2. The number of carbonyl (C=O) groups is 1. The number of fused-ring (bicyclic) bond motifs is 1. The first kappa shape index (κ1) is 14.9. The Kier molecular flexibility index (Phi) is 3.89. The first-order valence-electron chi connectivity index (χ1n) is 6.83. The zero-order valence-corrected chi connectivity index (χ0v) is 12.1. The number of hydrogen-bond acceptors (Lipinski definition) is 3. The molecule has 1 amide bonds. The molecule has 3 aromatic rings. The van der Waals surface area contributed by atoms with Gasteiger partial charge in [-0.15, -0.1) is 0 Å². The number of aryl methyl sites for hydroxylation is 1. The van der Waals surface area contributed by atoms with Gasteiger partial charge in [-0.1, -0.05) is 18.2 Å². The second-order valence-electron chi connectivity index (χ2n) is 4.92. The van der Waals surface area contributed by atoms with Gasteiger partial charge in [0.1, 0.15) is 17.2 Å². The van der Waals surface area contributed by atoms with Gasteiger partial charge >= 0.3 is 6.09 Å². The average Bonchev–Trinajstić information content (AvgIpc) is 2.51. The largest absolute Gasteiger partial charge is 0.417 e. The van der Waals surface area contributed by atoms with E-state index in [1.165, 1.54) is 0 Å². The first-order valence-corrected chi connectivity index (χ1v) is 6.83. The number of anilines is 1. The number of benzene rings is 2. The Morgan fingerprint density at radius 2 is 1.96 bits per heavy atom. The third-order valence-corrected chi connectivity index (χ3v) is 3.19. The van der Waals surface area contributed by atoms with Crippen molar-refractivity contribution >= 4 is 22.7 Å². The van der Waals surface area contributed by atoms with Crippen LogP contribution in [0.1, 0.15) is 5.69 Å². The van der Waals surface area contributed by atoms with Gasteiger partial charge in [0.15, 0.2) is 5.75 Å². The SMILES string of the molecule is Cc1ccc2cccc(OC(=O)Nc3cc(F)ccc3F)c2n1. The second kappa shape index (κ2) is 6.00. The molecule has 0 saturated heterocycles. The van der Waals surface area contributed by atoms with Crippen molar-refractivity contribution in [2.45, 2.75) is 6.92 Å². The first-order chi connectivity index (χ1) is 11.0. The van der Waals surface area contributed by atoms with E-state index < -0.39 is 17.7 Å². The van der Waals surface area contributed by atoms with E-state index in [4.69, 9.17) is 4.74 Å². The number of hydrogen-bond donors (Lipinski definition) is 1. The highest BCUT2D eigenvalue weighted by atomic mass is 19.1. The van der Waals surface area contributed by atoms with Crippen LogP contribution < -0.4 is 10.1 Å². The van der Waals surface area contributed by atoms with Gasteiger partial charge in [-0.25, -0.2) is 18.6 Å². The Morgan fingerprint density at radius 3 is 2.78 bits per heavy atom. The van der Waals surface area contributed by atoms with Crippen molar-refractivity contribution in [3.05, 3.63) is 65.9 Å². The monoisotopic (exact) mass is 314 g/mol. The number of ether oxygens (including phenoxy) is 1. The minimum atomic E-state index is -0.926. The van der Waals surface area contributed by atoms with Crippen molar-refractivity contribution in [2.24, 2.45) is 0 Å². The quantitative estimate of drug-likeness (QED) is 0.761. The molecule has 116 valence electrons. The third-order valence-electron chi connectivity index (χ3n) is 3.19. The lowest BCUT2D eigenvalue weighted by molar-refractivity contribution is 0.215. The van der Waals surface area contributed by atoms with E-state index in [2.05, 4.69) is 10.3 Å². The number of nitrogens with zero attached hydrogens (tertiary/aromatic N) is 1. The van der Waals surface area contributed by atoms with Gasteiger partial charge in [0.05, 0.1) is 5.69 Å². The van der Waals surface area contributed by atoms with Crippen LogP contribution >= 0.6 is 0 Å².